The van der Waals surface area contributed by atoms with Crippen LogP contribution in [-0.2, 0) is 0 Å². The number of nitrogens with zero attached hydrogens (tertiary/aromatic N) is 3. The molecule has 202 valence electrons. The summed E-state index contributed by atoms with van der Waals surface area (Å²) in [7, 11) is 1.57. The zero-order valence-electron chi connectivity index (χ0n) is 21.5. The number of methoxy groups -OCH3 is 1. The van der Waals surface area contributed by atoms with Crippen LogP contribution >= 0.6 is 23.2 Å². The van der Waals surface area contributed by atoms with Crippen LogP contribution in [0.1, 0.15) is 40.5 Å². The predicted octanol–water partition coefficient (Wildman–Crippen LogP) is 6.09. The summed E-state index contributed by atoms with van der Waals surface area (Å²) in [6.07, 6.45) is 1.84. The Bertz CT molecular complexity index is 1590. The van der Waals surface area contributed by atoms with Gasteiger partial charge in [0.2, 0.25) is 0 Å². The summed E-state index contributed by atoms with van der Waals surface area (Å²) in [6.45, 7) is 3.40. The van der Waals surface area contributed by atoms with Crippen LogP contribution in [0.3, 0.4) is 0 Å². The molecule has 1 amide bonds. The fourth-order valence-electron chi connectivity index (χ4n) is 5.32. The third-order valence-corrected chi connectivity index (χ3v) is 8.34. The second-order valence-corrected chi connectivity index (χ2v) is 10.7. The van der Waals surface area contributed by atoms with Crippen molar-refractivity contribution < 1.29 is 18.7 Å². The summed E-state index contributed by atoms with van der Waals surface area (Å²) in [5, 5.41) is 4.15. The molecule has 0 spiro atoms. The number of pyridine rings is 1. The normalized spacial score (nSPS) is 18.0. The van der Waals surface area contributed by atoms with Crippen LogP contribution in [0.5, 0.6) is 11.6 Å². The van der Waals surface area contributed by atoms with E-state index in [1.807, 2.05) is 23.1 Å². The maximum atomic E-state index is 14.5. The molecule has 1 saturated heterocycles. The Morgan fingerprint density at radius 1 is 1.26 bits per heavy atom. The molecule has 2 aliphatic heterocycles. The van der Waals surface area contributed by atoms with Gasteiger partial charge in [0, 0.05) is 23.7 Å². The van der Waals surface area contributed by atoms with E-state index in [-0.39, 0.29) is 30.1 Å². The number of carbonyl (C=O) groups excluding carboxylic acids is 1. The molecule has 4 heterocycles. The average Bonchev–Trinajstić information content (AvgIpc) is 3.51. The van der Waals surface area contributed by atoms with Gasteiger partial charge in [-0.15, -0.1) is 0 Å². The van der Waals surface area contributed by atoms with Crippen molar-refractivity contribution in [3.05, 3.63) is 81.2 Å². The smallest absolute Gasteiger partial charge is 0.275 e. The molecule has 10 heteroatoms. The molecule has 2 aliphatic rings. The summed E-state index contributed by atoms with van der Waals surface area (Å²) in [5.74, 6) is 0.430. The summed E-state index contributed by atoms with van der Waals surface area (Å²) in [5.41, 5.74) is 3.27. The van der Waals surface area contributed by atoms with Gasteiger partial charge in [-0.25, -0.2) is 9.37 Å². The lowest BCUT2D eigenvalue weighted by atomic mass is 10.0. The third kappa shape index (κ3) is 4.50. The lowest BCUT2D eigenvalue weighted by Crippen LogP contribution is -2.46. The Hall–Kier alpha value is -3.33. The number of hydrogen-bond acceptors (Lipinski definition) is 5. The summed E-state index contributed by atoms with van der Waals surface area (Å²) < 4.78 is 27.6. The average molecular weight is 569 g/mol. The molecule has 4 aromatic rings. The fraction of sp³-hybridized carbons (Fsp3) is 0.310. The van der Waals surface area contributed by atoms with Crippen molar-refractivity contribution in [1.29, 1.82) is 0 Å². The standard InChI is InChI=1S/C29H27Cl2FN4O3/c1-16-14-17(6-9-21(16)32)27-26(34-23-4-3-5-24(38-2)36(23)27)29(37)35(13-11-18-10-12-33-18)22-15-39-28-19(22)7-8-20(30)25(28)31/h3-9,14,18,22,33H,10-13,15H2,1-2H3/t18-,22?/m0/s1. The largest absolute Gasteiger partial charge is 0.489 e. The molecule has 0 saturated carbocycles. The number of rotatable bonds is 7. The number of amides is 1. The van der Waals surface area contributed by atoms with Crippen molar-refractivity contribution in [2.24, 2.45) is 0 Å². The van der Waals surface area contributed by atoms with Crippen LogP contribution in [0.2, 0.25) is 10.0 Å². The number of benzene rings is 2. The Morgan fingerprint density at radius 2 is 2.08 bits per heavy atom. The number of fused-ring (bicyclic) bond motifs is 2. The van der Waals surface area contributed by atoms with Gasteiger partial charge in [-0.2, -0.15) is 0 Å². The van der Waals surface area contributed by atoms with Gasteiger partial charge in [0.05, 0.1) is 23.9 Å². The molecule has 2 atom stereocenters. The molecular formula is C29H27Cl2FN4O3. The van der Waals surface area contributed by atoms with Crippen LogP contribution in [0.15, 0.2) is 48.5 Å². The van der Waals surface area contributed by atoms with E-state index in [9.17, 15) is 9.18 Å². The van der Waals surface area contributed by atoms with Gasteiger partial charge in [0.25, 0.3) is 5.91 Å². The third-order valence-electron chi connectivity index (χ3n) is 7.56. The van der Waals surface area contributed by atoms with Crippen LogP contribution in [0.4, 0.5) is 4.39 Å². The maximum absolute atomic E-state index is 14.5. The van der Waals surface area contributed by atoms with E-state index in [4.69, 9.17) is 37.7 Å². The zero-order chi connectivity index (χ0) is 27.3. The van der Waals surface area contributed by atoms with E-state index in [1.54, 1.807) is 42.7 Å². The molecule has 7 nitrogen and oxygen atoms in total. The van der Waals surface area contributed by atoms with Crippen molar-refractivity contribution in [1.82, 2.24) is 19.6 Å². The number of imidazole rings is 1. The van der Waals surface area contributed by atoms with E-state index in [2.05, 4.69) is 5.32 Å². The highest BCUT2D eigenvalue weighted by Crippen LogP contribution is 2.45. The van der Waals surface area contributed by atoms with Gasteiger partial charge in [-0.3, -0.25) is 9.20 Å². The highest BCUT2D eigenvalue weighted by molar-refractivity contribution is 6.43. The Kier molecular flexibility index (Phi) is 6.87. The first-order valence-electron chi connectivity index (χ1n) is 12.8. The van der Waals surface area contributed by atoms with Crippen LogP contribution in [-0.4, -0.2) is 53.0 Å². The highest BCUT2D eigenvalue weighted by Gasteiger charge is 2.37. The zero-order valence-corrected chi connectivity index (χ0v) is 23.0. The number of ether oxygens (including phenoxy) is 2. The molecule has 39 heavy (non-hydrogen) atoms. The van der Waals surface area contributed by atoms with E-state index in [0.717, 1.165) is 24.9 Å². The van der Waals surface area contributed by atoms with Crippen molar-refractivity contribution in [2.75, 3.05) is 26.8 Å². The number of carbonyl (C=O) groups is 1. The van der Waals surface area contributed by atoms with Gasteiger partial charge >= 0.3 is 0 Å². The summed E-state index contributed by atoms with van der Waals surface area (Å²) in [4.78, 5) is 21.1. The summed E-state index contributed by atoms with van der Waals surface area (Å²) in [6, 6.07) is 13.8. The number of aryl methyl sites for hydroxylation is 1. The highest BCUT2D eigenvalue weighted by atomic mass is 35.5. The topological polar surface area (TPSA) is 68.1 Å². The van der Waals surface area contributed by atoms with E-state index >= 15 is 0 Å². The first kappa shape index (κ1) is 25.9. The Balaban J connectivity index is 1.49. The minimum atomic E-state index is -0.378. The Labute approximate surface area is 235 Å². The molecule has 1 N–H and O–H groups in total. The first-order valence-corrected chi connectivity index (χ1v) is 13.6. The maximum Gasteiger partial charge on any atom is 0.275 e. The van der Waals surface area contributed by atoms with E-state index in [0.29, 0.717) is 56.7 Å². The SMILES string of the molecule is COc1cccc2nc(C(=O)N(CC[C@@H]3CCN3)C3COc4c3ccc(Cl)c4Cl)c(-c3ccc(F)c(C)c3)n12. The van der Waals surface area contributed by atoms with Crippen molar-refractivity contribution in [3.8, 4) is 22.9 Å². The molecule has 1 fully saturated rings. The van der Waals surface area contributed by atoms with Gasteiger partial charge in [-0.05, 0) is 68.3 Å². The molecule has 0 radical (unpaired) electrons. The van der Waals surface area contributed by atoms with Gasteiger partial charge in [-0.1, -0.05) is 35.3 Å². The lowest BCUT2D eigenvalue weighted by molar-refractivity contribution is 0.0629. The minimum Gasteiger partial charge on any atom is -0.489 e. The van der Waals surface area contributed by atoms with Crippen LogP contribution < -0.4 is 14.8 Å². The second-order valence-electron chi connectivity index (χ2n) is 9.87. The second kappa shape index (κ2) is 10.3. The fourth-order valence-corrected chi connectivity index (χ4v) is 5.70. The monoisotopic (exact) mass is 568 g/mol. The van der Waals surface area contributed by atoms with E-state index < -0.39 is 0 Å². The van der Waals surface area contributed by atoms with Crippen molar-refractivity contribution in [2.45, 2.75) is 31.8 Å². The number of hydrogen-bond donors (Lipinski definition) is 1. The molecule has 1 unspecified atom stereocenters. The molecule has 6 rings (SSSR count). The van der Waals surface area contributed by atoms with Crippen molar-refractivity contribution >= 4 is 34.8 Å². The molecular weight excluding hydrogens is 542 g/mol. The number of halogens is 3. The van der Waals surface area contributed by atoms with Gasteiger partial charge in [0.15, 0.2) is 11.6 Å². The van der Waals surface area contributed by atoms with Crippen molar-refractivity contribution in [3.63, 3.8) is 0 Å². The quantitative estimate of drug-likeness (QED) is 0.292. The number of nitrogens with one attached hydrogen (secondary N) is 1. The molecule has 2 aromatic carbocycles. The Morgan fingerprint density at radius 3 is 2.79 bits per heavy atom. The predicted molar refractivity (Wildman–Crippen MR) is 149 cm³/mol. The lowest BCUT2D eigenvalue weighted by Gasteiger charge is -2.33. The molecule has 0 bridgehead atoms. The van der Waals surface area contributed by atoms with Gasteiger partial charge in [0.1, 0.15) is 28.8 Å². The van der Waals surface area contributed by atoms with Crippen LogP contribution in [0, 0.1) is 12.7 Å². The molecule has 2 aromatic heterocycles. The minimum absolute atomic E-state index is 0.251. The molecule has 0 aliphatic carbocycles. The summed E-state index contributed by atoms with van der Waals surface area (Å²) >= 11 is 12.7. The van der Waals surface area contributed by atoms with Crippen LogP contribution in [0.25, 0.3) is 16.9 Å². The van der Waals surface area contributed by atoms with Gasteiger partial charge < -0.3 is 19.7 Å². The first-order chi connectivity index (χ1) is 18.9. The van der Waals surface area contributed by atoms with E-state index in [1.165, 1.54) is 6.07 Å². The number of aromatic nitrogens is 2.